The second-order valence-corrected chi connectivity index (χ2v) is 5.63. The van der Waals surface area contributed by atoms with Gasteiger partial charge < -0.3 is 19.5 Å². The Balaban J connectivity index is 1.61. The molecule has 0 aliphatic heterocycles. The van der Waals surface area contributed by atoms with Crippen molar-refractivity contribution in [1.29, 1.82) is 5.26 Å². The number of hydrogen-bond acceptors (Lipinski definition) is 5. The summed E-state index contributed by atoms with van der Waals surface area (Å²) in [4.78, 5) is 11.8. The molecule has 27 heavy (non-hydrogen) atoms. The van der Waals surface area contributed by atoms with Crippen LogP contribution in [-0.2, 0) is 4.79 Å². The van der Waals surface area contributed by atoms with Crippen LogP contribution in [0.3, 0.4) is 0 Å². The molecule has 0 aliphatic rings. The van der Waals surface area contributed by atoms with Gasteiger partial charge in [0.2, 0.25) is 0 Å². The molecule has 0 aromatic heterocycles. The molecule has 1 amide bonds. The molecular weight excluding hydrogens is 351 g/mol. The Kier molecular flexibility index (Phi) is 7.92. The van der Waals surface area contributed by atoms with Crippen LogP contribution in [0.2, 0.25) is 0 Å². The molecule has 0 saturated carbocycles. The monoisotopic (exact) mass is 372 g/mol. The third kappa shape index (κ3) is 6.86. The maximum absolute atomic E-state index is 12.8. The quantitative estimate of drug-likeness (QED) is 0.649. The maximum Gasteiger partial charge on any atom is 0.257 e. The highest BCUT2D eigenvalue weighted by molar-refractivity contribution is 5.77. The van der Waals surface area contributed by atoms with Gasteiger partial charge in [-0.05, 0) is 49.2 Å². The zero-order valence-corrected chi connectivity index (χ0v) is 15.0. The molecule has 0 heterocycles. The van der Waals surface area contributed by atoms with Crippen LogP contribution < -0.4 is 19.5 Å². The highest BCUT2D eigenvalue weighted by atomic mass is 19.1. The summed E-state index contributed by atoms with van der Waals surface area (Å²) < 4.78 is 28.8. The van der Waals surface area contributed by atoms with Crippen molar-refractivity contribution in [2.75, 3.05) is 26.9 Å². The van der Waals surface area contributed by atoms with Gasteiger partial charge >= 0.3 is 0 Å². The Hall–Kier alpha value is -3.27. The number of hydrogen-bond donors (Lipinski definition) is 1. The van der Waals surface area contributed by atoms with Crippen LogP contribution in [0.4, 0.5) is 4.39 Å². The number of unbranched alkanes of at least 4 members (excludes halogenated alkanes) is 1. The van der Waals surface area contributed by atoms with Gasteiger partial charge in [-0.25, -0.2) is 4.39 Å². The van der Waals surface area contributed by atoms with E-state index in [0.717, 1.165) is 12.8 Å². The third-order valence-electron chi connectivity index (χ3n) is 3.63. The van der Waals surface area contributed by atoms with Gasteiger partial charge in [0, 0.05) is 12.6 Å². The standard InChI is InChI=1S/C20H21FN2O4/c1-25-19-12-15(13-22)4-9-18(19)27-14-20(24)23-10-2-3-11-26-17-7-5-16(21)6-8-17/h4-9,12H,2-3,10-11,14H2,1H3,(H,23,24). The lowest BCUT2D eigenvalue weighted by Crippen LogP contribution is -2.29. The molecular formula is C20H21FN2O4. The van der Waals surface area contributed by atoms with Crippen molar-refractivity contribution >= 4 is 5.91 Å². The van der Waals surface area contributed by atoms with Crippen LogP contribution in [0, 0.1) is 17.1 Å². The van der Waals surface area contributed by atoms with Crippen molar-refractivity contribution in [3.8, 4) is 23.3 Å². The molecule has 0 spiro atoms. The second kappa shape index (κ2) is 10.7. The fourth-order valence-electron chi connectivity index (χ4n) is 2.23. The van der Waals surface area contributed by atoms with Crippen molar-refractivity contribution in [1.82, 2.24) is 5.32 Å². The fraction of sp³-hybridized carbons (Fsp3) is 0.300. The molecule has 0 radical (unpaired) electrons. The number of nitrogens with zero attached hydrogens (tertiary/aromatic N) is 1. The highest BCUT2D eigenvalue weighted by Crippen LogP contribution is 2.27. The first-order valence-electron chi connectivity index (χ1n) is 8.48. The predicted molar refractivity (Wildman–Crippen MR) is 97.3 cm³/mol. The van der Waals surface area contributed by atoms with Crippen LogP contribution in [0.5, 0.6) is 17.2 Å². The summed E-state index contributed by atoms with van der Waals surface area (Å²) in [5, 5.41) is 11.6. The van der Waals surface area contributed by atoms with E-state index < -0.39 is 0 Å². The van der Waals surface area contributed by atoms with Crippen LogP contribution in [-0.4, -0.2) is 32.8 Å². The van der Waals surface area contributed by atoms with Crippen LogP contribution >= 0.6 is 0 Å². The Morgan fingerprint density at radius 2 is 1.89 bits per heavy atom. The third-order valence-corrected chi connectivity index (χ3v) is 3.63. The largest absolute Gasteiger partial charge is 0.494 e. The summed E-state index contributed by atoms with van der Waals surface area (Å²) in [6.45, 7) is 0.842. The van der Waals surface area contributed by atoms with Crippen LogP contribution in [0.15, 0.2) is 42.5 Å². The minimum absolute atomic E-state index is 0.145. The number of rotatable bonds is 10. The molecule has 0 aliphatic carbocycles. The minimum Gasteiger partial charge on any atom is -0.494 e. The molecule has 0 saturated heterocycles. The molecule has 1 N–H and O–H groups in total. The van der Waals surface area contributed by atoms with Crippen LogP contribution in [0.1, 0.15) is 18.4 Å². The number of halogens is 1. The van der Waals surface area contributed by atoms with Gasteiger partial charge in [0.05, 0.1) is 25.3 Å². The Morgan fingerprint density at radius 1 is 1.11 bits per heavy atom. The van der Waals surface area contributed by atoms with Gasteiger partial charge in [-0.2, -0.15) is 5.26 Å². The minimum atomic E-state index is -0.300. The molecule has 0 atom stereocenters. The van der Waals surface area contributed by atoms with Crippen molar-refractivity contribution in [2.45, 2.75) is 12.8 Å². The van der Waals surface area contributed by atoms with Crippen LogP contribution in [0.25, 0.3) is 0 Å². The summed E-state index contributed by atoms with van der Waals surface area (Å²) in [7, 11) is 1.47. The van der Waals surface area contributed by atoms with E-state index in [1.54, 1.807) is 30.3 Å². The zero-order valence-electron chi connectivity index (χ0n) is 15.0. The first-order valence-corrected chi connectivity index (χ1v) is 8.48. The maximum atomic E-state index is 12.8. The first-order chi connectivity index (χ1) is 13.1. The molecule has 0 bridgehead atoms. The molecule has 6 nitrogen and oxygen atoms in total. The number of methoxy groups -OCH3 is 1. The first kappa shape index (κ1) is 20.0. The Bertz CT molecular complexity index is 788. The summed E-state index contributed by atoms with van der Waals surface area (Å²) >= 11 is 0. The van der Waals surface area contributed by atoms with Gasteiger partial charge in [-0.3, -0.25) is 4.79 Å². The average molecular weight is 372 g/mol. The molecule has 0 unspecified atom stereocenters. The van der Waals surface area contributed by atoms with Gasteiger partial charge in [-0.15, -0.1) is 0 Å². The predicted octanol–water partition coefficient (Wildman–Crippen LogP) is 3.06. The van der Waals surface area contributed by atoms with E-state index in [-0.39, 0.29) is 18.3 Å². The Morgan fingerprint density at radius 3 is 2.59 bits per heavy atom. The molecule has 2 aromatic carbocycles. The number of benzene rings is 2. The van der Waals surface area contributed by atoms with E-state index in [0.29, 0.717) is 36.0 Å². The van der Waals surface area contributed by atoms with Gasteiger partial charge in [-0.1, -0.05) is 0 Å². The van der Waals surface area contributed by atoms with E-state index in [1.165, 1.54) is 19.2 Å². The summed E-state index contributed by atoms with van der Waals surface area (Å²) in [5.41, 5.74) is 0.450. The summed E-state index contributed by atoms with van der Waals surface area (Å²) in [6, 6.07) is 12.6. The summed E-state index contributed by atoms with van der Waals surface area (Å²) in [6.07, 6.45) is 1.50. The van der Waals surface area contributed by atoms with E-state index in [1.807, 2.05) is 6.07 Å². The second-order valence-electron chi connectivity index (χ2n) is 5.63. The number of carbonyl (C=O) groups is 1. The fourth-order valence-corrected chi connectivity index (χ4v) is 2.23. The summed E-state index contributed by atoms with van der Waals surface area (Å²) in [5.74, 6) is 0.871. The molecule has 2 rings (SSSR count). The molecule has 0 fully saturated rings. The lowest BCUT2D eigenvalue weighted by Gasteiger charge is -2.11. The average Bonchev–Trinajstić information content (AvgIpc) is 2.70. The smallest absolute Gasteiger partial charge is 0.257 e. The van der Waals surface area contributed by atoms with Gasteiger partial charge in [0.25, 0.3) is 5.91 Å². The zero-order chi connectivity index (χ0) is 19.5. The van der Waals surface area contributed by atoms with Crippen molar-refractivity contribution < 1.29 is 23.4 Å². The van der Waals surface area contributed by atoms with E-state index in [2.05, 4.69) is 5.32 Å². The van der Waals surface area contributed by atoms with E-state index >= 15 is 0 Å². The normalized spacial score (nSPS) is 9.96. The number of carbonyl (C=O) groups excluding carboxylic acids is 1. The lowest BCUT2D eigenvalue weighted by atomic mass is 10.2. The number of ether oxygens (including phenoxy) is 3. The molecule has 7 heteroatoms. The van der Waals surface area contributed by atoms with E-state index in [9.17, 15) is 9.18 Å². The number of nitrogens with one attached hydrogen (secondary N) is 1. The van der Waals surface area contributed by atoms with Crippen molar-refractivity contribution in [3.05, 3.63) is 53.8 Å². The Labute approximate surface area is 157 Å². The topological polar surface area (TPSA) is 80.6 Å². The highest BCUT2D eigenvalue weighted by Gasteiger charge is 2.08. The van der Waals surface area contributed by atoms with Gasteiger partial charge in [0.15, 0.2) is 18.1 Å². The molecule has 2 aromatic rings. The lowest BCUT2D eigenvalue weighted by molar-refractivity contribution is -0.123. The van der Waals surface area contributed by atoms with Crippen molar-refractivity contribution in [3.63, 3.8) is 0 Å². The number of nitriles is 1. The molecule has 142 valence electrons. The SMILES string of the molecule is COc1cc(C#N)ccc1OCC(=O)NCCCCOc1ccc(F)cc1. The van der Waals surface area contributed by atoms with Gasteiger partial charge in [0.1, 0.15) is 11.6 Å². The van der Waals surface area contributed by atoms with Crippen molar-refractivity contribution in [2.24, 2.45) is 0 Å². The van der Waals surface area contributed by atoms with E-state index in [4.69, 9.17) is 19.5 Å². The number of amides is 1.